The van der Waals surface area contributed by atoms with E-state index in [1.165, 1.54) is 0 Å². The number of benzene rings is 1. The number of unbranched alkanes of at least 4 members (excludes halogenated alkanes) is 2. The van der Waals surface area contributed by atoms with Crippen molar-refractivity contribution in [1.82, 2.24) is 9.62 Å². The Morgan fingerprint density at radius 1 is 1.19 bits per heavy atom. The molecule has 5 heteroatoms. The number of sulfonamides is 1. The molecule has 120 valence electrons. The average Bonchev–Trinajstić information content (AvgIpc) is 2.43. The van der Waals surface area contributed by atoms with Gasteiger partial charge in [0, 0.05) is 19.1 Å². The molecule has 21 heavy (non-hydrogen) atoms. The number of nitrogens with one attached hydrogen (secondary N) is 1. The van der Waals surface area contributed by atoms with Crippen LogP contribution in [0.5, 0.6) is 0 Å². The Morgan fingerprint density at radius 3 is 2.43 bits per heavy atom. The minimum Gasteiger partial charge on any atom is -0.316 e. The molecule has 0 heterocycles. The Bertz CT molecular complexity index is 527. The minimum atomic E-state index is -3.44. The molecule has 0 unspecified atom stereocenters. The summed E-state index contributed by atoms with van der Waals surface area (Å²) in [5.74, 6) is 0. The van der Waals surface area contributed by atoms with Gasteiger partial charge in [-0.2, -0.15) is 4.31 Å². The maximum atomic E-state index is 13.0. The number of hydrogen-bond donors (Lipinski definition) is 1. The van der Waals surface area contributed by atoms with Crippen LogP contribution in [-0.4, -0.2) is 32.4 Å². The van der Waals surface area contributed by atoms with E-state index in [1.807, 2.05) is 33.0 Å². The molecule has 0 spiro atoms. The molecule has 0 saturated heterocycles. The van der Waals surface area contributed by atoms with Gasteiger partial charge in [-0.05, 0) is 38.9 Å². The SMILES string of the molecule is CCCCCN(C(C)C)S(=O)(=O)c1ccccc1CNC. The van der Waals surface area contributed by atoms with E-state index in [0.29, 0.717) is 18.0 Å². The highest BCUT2D eigenvalue weighted by Crippen LogP contribution is 2.22. The number of rotatable bonds is 9. The summed E-state index contributed by atoms with van der Waals surface area (Å²) < 4.78 is 27.5. The van der Waals surface area contributed by atoms with Gasteiger partial charge in [0.05, 0.1) is 4.90 Å². The molecular weight excluding hydrogens is 284 g/mol. The first-order valence-electron chi connectivity index (χ1n) is 7.69. The summed E-state index contributed by atoms with van der Waals surface area (Å²) in [4.78, 5) is 0.421. The smallest absolute Gasteiger partial charge is 0.243 e. The van der Waals surface area contributed by atoms with Crippen molar-refractivity contribution in [2.45, 2.75) is 57.5 Å². The molecule has 0 saturated carbocycles. The predicted molar refractivity (Wildman–Crippen MR) is 87.8 cm³/mol. The van der Waals surface area contributed by atoms with E-state index in [4.69, 9.17) is 0 Å². The van der Waals surface area contributed by atoms with Gasteiger partial charge in [-0.25, -0.2) is 8.42 Å². The van der Waals surface area contributed by atoms with E-state index in [0.717, 1.165) is 24.8 Å². The van der Waals surface area contributed by atoms with E-state index in [2.05, 4.69) is 12.2 Å². The van der Waals surface area contributed by atoms with Gasteiger partial charge >= 0.3 is 0 Å². The second kappa shape index (κ2) is 8.51. The molecule has 0 aromatic heterocycles. The van der Waals surface area contributed by atoms with Crippen LogP contribution in [0.15, 0.2) is 29.2 Å². The molecule has 0 bridgehead atoms. The monoisotopic (exact) mass is 312 g/mol. The molecule has 0 aliphatic rings. The molecule has 0 fully saturated rings. The van der Waals surface area contributed by atoms with Crippen molar-refractivity contribution < 1.29 is 8.42 Å². The van der Waals surface area contributed by atoms with Gasteiger partial charge < -0.3 is 5.32 Å². The lowest BCUT2D eigenvalue weighted by Gasteiger charge is -2.27. The van der Waals surface area contributed by atoms with Crippen molar-refractivity contribution >= 4 is 10.0 Å². The predicted octanol–water partition coefficient (Wildman–Crippen LogP) is 3.00. The lowest BCUT2D eigenvalue weighted by molar-refractivity contribution is 0.345. The first kappa shape index (κ1) is 18.1. The molecule has 0 radical (unpaired) electrons. The van der Waals surface area contributed by atoms with Crippen molar-refractivity contribution in [3.63, 3.8) is 0 Å². The normalized spacial score (nSPS) is 12.3. The standard InChI is InChI=1S/C16H28N2O2S/c1-5-6-9-12-18(14(2)3)21(19,20)16-11-8-7-10-15(16)13-17-4/h7-8,10-11,14,17H,5-6,9,12-13H2,1-4H3. The van der Waals surface area contributed by atoms with Crippen LogP contribution in [0, 0.1) is 0 Å². The molecule has 0 amide bonds. The quantitative estimate of drug-likeness (QED) is 0.713. The van der Waals surface area contributed by atoms with Crippen LogP contribution in [0.3, 0.4) is 0 Å². The highest BCUT2D eigenvalue weighted by molar-refractivity contribution is 7.89. The number of nitrogens with zero attached hydrogens (tertiary/aromatic N) is 1. The van der Waals surface area contributed by atoms with Crippen LogP contribution in [0.1, 0.15) is 45.6 Å². The fraction of sp³-hybridized carbons (Fsp3) is 0.625. The lowest BCUT2D eigenvalue weighted by atomic mass is 10.2. The summed E-state index contributed by atoms with van der Waals surface area (Å²) in [6, 6.07) is 7.21. The summed E-state index contributed by atoms with van der Waals surface area (Å²) in [5, 5.41) is 3.03. The van der Waals surface area contributed by atoms with Crippen molar-refractivity contribution in [3.8, 4) is 0 Å². The van der Waals surface area contributed by atoms with Gasteiger partial charge in [0.25, 0.3) is 0 Å². The second-order valence-electron chi connectivity index (χ2n) is 5.55. The third-order valence-corrected chi connectivity index (χ3v) is 5.66. The van der Waals surface area contributed by atoms with E-state index in [1.54, 1.807) is 16.4 Å². The first-order chi connectivity index (χ1) is 9.95. The fourth-order valence-electron chi connectivity index (χ4n) is 2.39. The zero-order valence-electron chi connectivity index (χ0n) is 13.6. The van der Waals surface area contributed by atoms with Crippen LogP contribution in [-0.2, 0) is 16.6 Å². The first-order valence-corrected chi connectivity index (χ1v) is 9.13. The average molecular weight is 312 g/mol. The van der Waals surface area contributed by atoms with E-state index < -0.39 is 10.0 Å². The minimum absolute atomic E-state index is 0.0329. The summed E-state index contributed by atoms with van der Waals surface area (Å²) in [6.07, 6.45) is 3.04. The zero-order chi connectivity index (χ0) is 15.9. The molecule has 4 nitrogen and oxygen atoms in total. The largest absolute Gasteiger partial charge is 0.316 e. The Kier molecular flexibility index (Phi) is 7.35. The van der Waals surface area contributed by atoms with Crippen LogP contribution in [0.2, 0.25) is 0 Å². The molecule has 1 N–H and O–H groups in total. The van der Waals surface area contributed by atoms with Gasteiger partial charge in [0.2, 0.25) is 10.0 Å². The summed E-state index contributed by atoms with van der Waals surface area (Å²) in [6.45, 7) is 7.13. The maximum absolute atomic E-state index is 13.0. The van der Waals surface area contributed by atoms with Gasteiger partial charge in [-0.1, -0.05) is 38.0 Å². The number of hydrogen-bond acceptors (Lipinski definition) is 3. The second-order valence-corrected chi connectivity index (χ2v) is 7.41. The third kappa shape index (κ3) is 4.80. The maximum Gasteiger partial charge on any atom is 0.243 e. The van der Waals surface area contributed by atoms with Gasteiger partial charge in [0.1, 0.15) is 0 Å². The highest BCUT2D eigenvalue weighted by Gasteiger charge is 2.28. The summed E-state index contributed by atoms with van der Waals surface area (Å²) in [5.41, 5.74) is 0.821. The van der Waals surface area contributed by atoms with E-state index in [9.17, 15) is 8.42 Å². The Balaban J connectivity index is 3.11. The third-order valence-electron chi connectivity index (χ3n) is 3.48. The molecule has 1 aromatic rings. The molecule has 0 aliphatic heterocycles. The molecule has 0 atom stereocenters. The Morgan fingerprint density at radius 2 is 1.86 bits per heavy atom. The summed E-state index contributed by atoms with van der Waals surface area (Å²) >= 11 is 0. The summed E-state index contributed by atoms with van der Waals surface area (Å²) in [7, 11) is -1.62. The Hall–Kier alpha value is -0.910. The molecule has 0 aliphatic carbocycles. The van der Waals surface area contributed by atoms with Crippen molar-refractivity contribution in [1.29, 1.82) is 0 Å². The van der Waals surface area contributed by atoms with Gasteiger partial charge in [-0.15, -0.1) is 0 Å². The van der Waals surface area contributed by atoms with Crippen LogP contribution in [0.4, 0.5) is 0 Å². The van der Waals surface area contributed by atoms with Crippen molar-refractivity contribution in [2.24, 2.45) is 0 Å². The fourth-order valence-corrected chi connectivity index (χ4v) is 4.29. The van der Waals surface area contributed by atoms with Crippen LogP contribution >= 0.6 is 0 Å². The van der Waals surface area contributed by atoms with Crippen molar-refractivity contribution in [3.05, 3.63) is 29.8 Å². The molecule has 1 rings (SSSR count). The van der Waals surface area contributed by atoms with Gasteiger partial charge in [-0.3, -0.25) is 0 Å². The lowest BCUT2D eigenvalue weighted by Crippen LogP contribution is -2.38. The Labute approximate surface area is 129 Å². The topological polar surface area (TPSA) is 49.4 Å². The van der Waals surface area contributed by atoms with Crippen LogP contribution < -0.4 is 5.32 Å². The van der Waals surface area contributed by atoms with Crippen LogP contribution in [0.25, 0.3) is 0 Å². The zero-order valence-corrected chi connectivity index (χ0v) is 14.4. The highest BCUT2D eigenvalue weighted by atomic mass is 32.2. The van der Waals surface area contributed by atoms with Gasteiger partial charge in [0.15, 0.2) is 0 Å². The van der Waals surface area contributed by atoms with Crippen molar-refractivity contribution in [2.75, 3.05) is 13.6 Å². The van der Waals surface area contributed by atoms with E-state index in [-0.39, 0.29) is 6.04 Å². The molecular formula is C16H28N2O2S. The molecule has 1 aromatic carbocycles. The van der Waals surface area contributed by atoms with E-state index >= 15 is 0 Å².